The molecule has 1 saturated heterocycles. The van der Waals surface area contributed by atoms with E-state index in [-0.39, 0.29) is 11.9 Å². The molecule has 1 aliphatic rings. The summed E-state index contributed by atoms with van der Waals surface area (Å²) in [7, 11) is 0. The topological polar surface area (TPSA) is 63.1 Å². The number of fused-ring (bicyclic) bond motifs is 1. The van der Waals surface area contributed by atoms with Crippen molar-refractivity contribution in [2.75, 3.05) is 18.0 Å². The van der Waals surface area contributed by atoms with E-state index in [1.54, 1.807) is 4.68 Å². The second-order valence-corrected chi connectivity index (χ2v) is 7.24. The van der Waals surface area contributed by atoms with E-state index in [9.17, 15) is 18.0 Å². The van der Waals surface area contributed by atoms with Gasteiger partial charge in [-0.3, -0.25) is 4.79 Å². The summed E-state index contributed by atoms with van der Waals surface area (Å²) in [6.45, 7) is 6.58. The third-order valence-corrected chi connectivity index (χ3v) is 5.11. The van der Waals surface area contributed by atoms with E-state index in [1.807, 2.05) is 24.0 Å². The molecule has 1 fully saturated rings. The first-order valence-corrected chi connectivity index (χ1v) is 9.48. The Morgan fingerprint density at radius 1 is 1.23 bits per heavy atom. The van der Waals surface area contributed by atoms with Gasteiger partial charge in [0.25, 0.3) is 0 Å². The van der Waals surface area contributed by atoms with Crippen molar-refractivity contribution < 1.29 is 18.0 Å². The van der Waals surface area contributed by atoms with E-state index in [4.69, 9.17) is 0 Å². The number of carbonyl (C=O) groups excluding carboxylic acids is 1. The first kappa shape index (κ1) is 19.9. The summed E-state index contributed by atoms with van der Waals surface area (Å²) in [5.74, 6) is 0.417. The number of halogens is 3. The van der Waals surface area contributed by atoms with Gasteiger partial charge in [-0.25, -0.2) is 9.67 Å². The molecular formula is C21H20F3N5O. The highest BCUT2D eigenvalue weighted by molar-refractivity contribution is 5.89. The van der Waals surface area contributed by atoms with Gasteiger partial charge >= 0.3 is 6.18 Å². The predicted molar refractivity (Wildman–Crippen MR) is 108 cm³/mol. The molecule has 6 nitrogen and oxygen atoms in total. The number of amides is 1. The van der Waals surface area contributed by atoms with Gasteiger partial charge in [-0.1, -0.05) is 6.58 Å². The maximum atomic E-state index is 12.9. The van der Waals surface area contributed by atoms with Gasteiger partial charge in [-0.2, -0.15) is 13.2 Å². The summed E-state index contributed by atoms with van der Waals surface area (Å²) in [5, 5.41) is 7.56. The lowest BCUT2D eigenvalue weighted by atomic mass is 10.2. The molecule has 1 atom stereocenters. The summed E-state index contributed by atoms with van der Waals surface area (Å²) in [4.78, 5) is 18.2. The maximum Gasteiger partial charge on any atom is 0.416 e. The highest BCUT2D eigenvalue weighted by atomic mass is 19.4. The van der Waals surface area contributed by atoms with E-state index < -0.39 is 11.7 Å². The van der Waals surface area contributed by atoms with Gasteiger partial charge in [0.1, 0.15) is 5.52 Å². The molecule has 3 heterocycles. The SMILES string of the molecule is C=CC(=O)NC1CCN(c2nn(-c3ccc(C(F)(F)F)cc3)c3ccc(C)nc23)C1. The average molecular weight is 415 g/mol. The number of aryl methyl sites for hydroxylation is 1. The van der Waals surface area contributed by atoms with Gasteiger partial charge in [0.05, 0.1) is 16.8 Å². The van der Waals surface area contributed by atoms with Crippen LogP contribution in [0, 0.1) is 6.92 Å². The number of nitrogens with zero attached hydrogens (tertiary/aromatic N) is 4. The smallest absolute Gasteiger partial charge is 0.351 e. The van der Waals surface area contributed by atoms with Crippen LogP contribution in [0.4, 0.5) is 19.0 Å². The largest absolute Gasteiger partial charge is 0.416 e. The first-order chi connectivity index (χ1) is 14.3. The van der Waals surface area contributed by atoms with Crippen molar-refractivity contribution >= 4 is 22.8 Å². The molecule has 2 aromatic heterocycles. The number of carbonyl (C=O) groups is 1. The first-order valence-electron chi connectivity index (χ1n) is 9.48. The number of pyridine rings is 1. The van der Waals surface area contributed by atoms with Crippen LogP contribution in [0.2, 0.25) is 0 Å². The molecule has 30 heavy (non-hydrogen) atoms. The Morgan fingerprint density at radius 2 is 1.97 bits per heavy atom. The molecule has 9 heteroatoms. The zero-order chi connectivity index (χ0) is 21.5. The van der Waals surface area contributed by atoms with Gasteiger partial charge in [-0.05, 0) is 55.8 Å². The summed E-state index contributed by atoms with van der Waals surface area (Å²) in [6.07, 6.45) is -2.41. The molecule has 0 saturated carbocycles. The van der Waals surface area contributed by atoms with E-state index >= 15 is 0 Å². The van der Waals surface area contributed by atoms with Crippen LogP contribution < -0.4 is 10.2 Å². The Hall–Kier alpha value is -3.36. The number of hydrogen-bond acceptors (Lipinski definition) is 4. The van der Waals surface area contributed by atoms with Gasteiger partial charge < -0.3 is 10.2 Å². The van der Waals surface area contributed by atoms with Crippen molar-refractivity contribution in [2.45, 2.75) is 25.6 Å². The van der Waals surface area contributed by atoms with Gasteiger partial charge in [0.15, 0.2) is 5.82 Å². The van der Waals surface area contributed by atoms with Crippen LogP contribution in [-0.2, 0) is 11.0 Å². The van der Waals surface area contributed by atoms with E-state index in [2.05, 4.69) is 22.0 Å². The summed E-state index contributed by atoms with van der Waals surface area (Å²) in [5.41, 5.74) is 1.99. The maximum absolute atomic E-state index is 12.9. The molecule has 1 unspecified atom stereocenters. The molecule has 0 radical (unpaired) electrons. The molecule has 156 valence electrons. The fourth-order valence-electron chi connectivity index (χ4n) is 3.61. The Morgan fingerprint density at radius 3 is 2.63 bits per heavy atom. The van der Waals surface area contributed by atoms with Crippen molar-refractivity contribution in [3.8, 4) is 5.69 Å². The molecule has 3 aromatic rings. The van der Waals surface area contributed by atoms with Crippen LogP contribution in [0.25, 0.3) is 16.7 Å². The highest BCUT2D eigenvalue weighted by Gasteiger charge is 2.31. The van der Waals surface area contributed by atoms with Crippen molar-refractivity contribution in [1.82, 2.24) is 20.1 Å². The minimum atomic E-state index is -4.39. The second-order valence-electron chi connectivity index (χ2n) is 7.24. The van der Waals surface area contributed by atoms with Gasteiger partial charge in [-0.15, -0.1) is 5.10 Å². The van der Waals surface area contributed by atoms with Crippen LogP contribution in [-0.4, -0.2) is 39.8 Å². The number of aromatic nitrogens is 3. The Kier molecular flexibility index (Phi) is 4.97. The zero-order valence-corrected chi connectivity index (χ0v) is 16.3. The number of anilines is 1. The molecule has 1 aliphatic heterocycles. The molecular weight excluding hydrogens is 395 g/mol. The minimum Gasteiger partial charge on any atom is -0.351 e. The normalized spacial score (nSPS) is 16.8. The minimum absolute atomic E-state index is 0.0356. The van der Waals surface area contributed by atoms with E-state index in [0.29, 0.717) is 35.6 Å². The van der Waals surface area contributed by atoms with Crippen molar-refractivity contribution in [2.24, 2.45) is 0 Å². The van der Waals surface area contributed by atoms with Crippen molar-refractivity contribution in [3.05, 3.63) is 60.3 Å². The fraction of sp³-hybridized carbons (Fsp3) is 0.286. The van der Waals surface area contributed by atoms with Crippen LogP contribution in [0.3, 0.4) is 0 Å². The highest BCUT2D eigenvalue weighted by Crippen LogP contribution is 2.32. The number of benzene rings is 1. The fourth-order valence-corrected chi connectivity index (χ4v) is 3.61. The Labute approximate surface area is 171 Å². The van der Waals surface area contributed by atoms with E-state index in [1.165, 1.54) is 18.2 Å². The molecule has 4 rings (SSSR count). The summed E-state index contributed by atoms with van der Waals surface area (Å²) in [6, 6.07) is 8.55. The molecule has 1 N–H and O–H groups in total. The molecule has 0 aliphatic carbocycles. The average Bonchev–Trinajstić information content (AvgIpc) is 3.31. The lowest BCUT2D eigenvalue weighted by Crippen LogP contribution is -2.36. The van der Waals surface area contributed by atoms with Gasteiger partial charge in [0.2, 0.25) is 5.91 Å². The van der Waals surface area contributed by atoms with Crippen LogP contribution in [0.5, 0.6) is 0 Å². The zero-order valence-electron chi connectivity index (χ0n) is 16.3. The predicted octanol–water partition coefficient (Wildman–Crippen LogP) is 3.63. The van der Waals surface area contributed by atoms with Crippen LogP contribution in [0.1, 0.15) is 17.7 Å². The van der Waals surface area contributed by atoms with Crippen molar-refractivity contribution in [1.29, 1.82) is 0 Å². The summed E-state index contributed by atoms with van der Waals surface area (Å²) >= 11 is 0. The standard InChI is InChI=1S/C21H20F3N5O/c1-3-18(30)26-15-10-11-28(12-15)20-19-17(9-4-13(2)25-19)29(27-20)16-7-5-14(6-8-16)21(22,23)24/h3-9,15H,1,10-12H2,2H3,(H,26,30). The lowest BCUT2D eigenvalue weighted by Gasteiger charge is -2.16. The quantitative estimate of drug-likeness (QED) is 0.661. The van der Waals surface area contributed by atoms with E-state index in [0.717, 1.165) is 24.2 Å². The van der Waals surface area contributed by atoms with Crippen LogP contribution >= 0.6 is 0 Å². The van der Waals surface area contributed by atoms with Crippen molar-refractivity contribution in [3.63, 3.8) is 0 Å². The Balaban J connectivity index is 1.71. The lowest BCUT2D eigenvalue weighted by molar-refractivity contribution is -0.137. The number of hydrogen-bond donors (Lipinski definition) is 1. The third-order valence-electron chi connectivity index (χ3n) is 5.11. The number of rotatable bonds is 4. The van der Waals surface area contributed by atoms with Gasteiger partial charge in [0, 0.05) is 24.8 Å². The number of alkyl halides is 3. The third kappa shape index (κ3) is 3.74. The van der Waals surface area contributed by atoms with Crippen LogP contribution in [0.15, 0.2) is 49.1 Å². The second kappa shape index (κ2) is 7.47. The molecule has 1 amide bonds. The molecule has 0 spiro atoms. The summed E-state index contributed by atoms with van der Waals surface area (Å²) < 4.78 is 40.3. The monoisotopic (exact) mass is 415 g/mol. The Bertz CT molecular complexity index is 1100. The molecule has 0 bridgehead atoms. The molecule has 1 aromatic carbocycles. The number of nitrogens with one attached hydrogen (secondary N) is 1.